The highest BCUT2D eigenvalue weighted by atomic mass is 35.5. The van der Waals surface area contributed by atoms with Crippen molar-refractivity contribution in [2.75, 3.05) is 14.2 Å². The molecule has 1 aliphatic rings. The first-order valence-corrected chi connectivity index (χ1v) is 9.34. The quantitative estimate of drug-likeness (QED) is 0.672. The lowest BCUT2D eigenvalue weighted by molar-refractivity contribution is -0.121. The number of carbonyl (C=O) groups excluding carboxylic acids is 2. The molecule has 3 rings (SSSR count). The van der Waals surface area contributed by atoms with E-state index < -0.39 is 0 Å². The average molecular weight is 415 g/mol. The molecule has 0 bridgehead atoms. The van der Waals surface area contributed by atoms with Gasteiger partial charge in [-0.25, -0.2) is 0 Å². The number of nitrogens with zero attached hydrogens (tertiary/aromatic N) is 2. The molecular formula is C20H15ClN2O4S. The second-order valence-electron chi connectivity index (χ2n) is 5.83. The van der Waals surface area contributed by atoms with Gasteiger partial charge < -0.3 is 9.47 Å². The van der Waals surface area contributed by atoms with Crippen LogP contribution in [-0.2, 0) is 11.4 Å². The monoisotopic (exact) mass is 414 g/mol. The summed E-state index contributed by atoms with van der Waals surface area (Å²) in [6, 6.07) is 12.5. The first-order chi connectivity index (χ1) is 13.4. The molecule has 8 heteroatoms. The highest BCUT2D eigenvalue weighted by molar-refractivity contribution is 8.18. The van der Waals surface area contributed by atoms with Gasteiger partial charge in [0, 0.05) is 12.6 Å². The smallest absolute Gasteiger partial charge is 0.293 e. The first kappa shape index (κ1) is 19.8. The van der Waals surface area contributed by atoms with E-state index in [4.69, 9.17) is 21.1 Å². The lowest BCUT2D eigenvalue weighted by Gasteiger charge is -2.14. The van der Waals surface area contributed by atoms with Crippen LogP contribution in [0.1, 0.15) is 16.7 Å². The molecule has 1 aliphatic heterocycles. The van der Waals surface area contributed by atoms with E-state index in [0.717, 1.165) is 22.2 Å². The summed E-state index contributed by atoms with van der Waals surface area (Å²) in [5.41, 5.74) is 1.85. The molecule has 0 aliphatic carbocycles. The van der Waals surface area contributed by atoms with Crippen molar-refractivity contribution in [2.24, 2.45) is 0 Å². The van der Waals surface area contributed by atoms with Gasteiger partial charge in [-0.15, -0.1) is 0 Å². The maximum Gasteiger partial charge on any atom is 0.293 e. The number of imide groups is 1. The number of rotatable bonds is 5. The lowest BCUT2D eigenvalue weighted by Crippen LogP contribution is -2.22. The molecule has 0 radical (unpaired) electrons. The SMILES string of the molecule is COc1cc(/C=C2\SC(=O)N(C)C2=O)cc(Cl)c1OCc1ccccc1C#N. The van der Waals surface area contributed by atoms with Gasteiger partial charge in [0.05, 0.1) is 28.7 Å². The maximum atomic E-state index is 12.0. The third kappa shape index (κ3) is 3.98. The molecule has 0 aromatic heterocycles. The standard InChI is InChI=1S/C20H15ClN2O4S/c1-23-19(24)17(28-20(23)25)9-12-7-15(21)18(16(8-12)26-2)27-11-14-6-4-3-5-13(14)10-22/h3-9H,11H2,1-2H3/b17-9-. The van der Waals surface area contributed by atoms with Crippen LogP contribution < -0.4 is 9.47 Å². The third-order valence-electron chi connectivity index (χ3n) is 4.05. The Kier molecular flexibility index (Phi) is 5.93. The van der Waals surface area contributed by atoms with Gasteiger partial charge in [-0.1, -0.05) is 29.8 Å². The zero-order valence-corrected chi connectivity index (χ0v) is 16.6. The van der Waals surface area contributed by atoms with Gasteiger partial charge in [0.2, 0.25) is 0 Å². The van der Waals surface area contributed by atoms with Gasteiger partial charge in [-0.3, -0.25) is 14.5 Å². The van der Waals surface area contributed by atoms with E-state index in [-0.39, 0.29) is 22.8 Å². The molecule has 0 saturated carbocycles. The molecule has 0 unspecified atom stereocenters. The topological polar surface area (TPSA) is 79.6 Å². The molecule has 28 heavy (non-hydrogen) atoms. The number of halogens is 1. The molecular weight excluding hydrogens is 400 g/mol. The number of methoxy groups -OCH3 is 1. The molecule has 2 amide bonds. The molecule has 1 fully saturated rings. The number of ether oxygens (including phenoxy) is 2. The van der Waals surface area contributed by atoms with Gasteiger partial charge in [0.15, 0.2) is 11.5 Å². The summed E-state index contributed by atoms with van der Waals surface area (Å²) in [4.78, 5) is 25.0. The van der Waals surface area contributed by atoms with E-state index >= 15 is 0 Å². The fourth-order valence-corrected chi connectivity index (χ4v) is 3.67. The van der Waals surface area contributed by atoms with Crippen molar-refractivity contribution in [3.8, 4) is 17.6 Å². The highest BCUT2D eigenvalue weighted by Crippen LogP contribution is 2.39. The number of likely N-dealkylation sites (N-methyl/N-ethyl adjacent to an activating group) is 1. The number of hydrogen-bond acceptors (Lipinski definition) is 6. The minimum Gasteiger partial charge on any atom is -0.493 e. The van der Waals surface area contributed by atoms with E-state index in [1.54, 1.807) is 36.4 Å². The molecule has 0 spiro atoms. The zero-order valence-electron chi connectivity index (χ0n) is 15.1. The Bertz CT molecular complexity index is 1030. The summed E-state index contributed by atoms with van der Waals surface area (Å²) in [7, 11) is 2.91. The van der Waals surface area contributed by atoms with E-state index in [9.17, 15) is 14.9 Å². The van der Waals surface area contributed by atoms with E-state index in [0.29, 0.717) is 27.5 Å². The van der Waals surface area contributed by atoms with Crippen LogP contribution in [0, 0.1) is 11.3 Å². The Morgan fingerprint density at radius 3 is 2.68 bits per heavy atom. The van der Waals surface area contributed by atoms with Crippen LogP contribution in [-0.4, -0.2) is 30.2 Å². The predicted octanol–water partition coefficient (Wildman–Crippen LogP) is 4.47. The molecule has 142 valence electrons. The molecule has 1 saturated heterocycles. The Morgan fingerprint density at radius 2 is 2.04 bits per heavy atom. The normalized spacial score (nSPS) is 15.1. The molecule has 0 N–H and O–H groups in total. The number of hydrogen-bond donors (Lipinski definition) is 0. The van der Waals surface area contributed by atoms with Crippen LogP contribution in [0.2, 0.25) is 5.02 Å². The van der Waals surface area contributed by atoms with Crippen LogP contribution in [0.3, 0.4) is 0 Å². The van der Waals surface area contributed by atoms with Crippen LogP contribution in [0.25, 0.3) is 6.08 Å². The fourth-order valence-electron chi connectivity index (χ4n) is 2.57. The van der Waals surface area contributed by atoms with Gasteiger partial charge in [-0.05, 0) is 41.6 Å². The van der Waals surface area contributed by atoms with Gasteiger partial charge in [0.1, 0.15) is 6.61 Å². The Hall–Kier alpha value is -2.95. The van der Waals surface area contributed by atoms with Crippen molar-refractivity contribution < 1.29 is 19.1 Å². The largest absolute Gasteiger partial charge is 0.493 e. The summed E-state index contributed by atoms with van der Waals surface area (Å²) in [5, 5.41) is 9.14. The fraction of sp³-hybridized carbons (Fsp3) is 0.150. The minimum absolute atomic E-state index is 0.147. The van der Waals surface area contributed by atoms with E-state index in [1.165, 1.54) is 14.2 Å². The minimum atomic E-state index is -0.362. The van der Waals surface area contributed by atoms with E-state index in [1.807, 2.05) is 6.07 Å². The van der Waals surface area contributed by atoms with Crippen LogP contribution >= 0.6 is 23.4 Å². The van der Waals surface area contributed by atoms with Crippen molar-refractivity contribution in [2.45, 2.75) is 6.61 Å². The van der Waals surface area contributed by atoms with Gasteiger partial charge in [-0.2, -0.15) is 5.26 Å². The highest BCUT2D eigenvalue weighted by Gasteiger charge is 2.31. The number of amides is 2. The van der Waals surface area contributed by atoms with Gasteiger partial charge in [0.25, 0.3) is 11.1 Å². The lowest BCUT2D eigenvalue weighted by atomic mass is 10.1. The summed E-state index contributed by atoms with van der Waals surface area (Å²) in [6.45, 7) is 0.147. The summed E-state index contributed by atoms with van der Waals surface area (Å²) >= 11 is 7.23. The first-order valence-electron chi connectivity index (χ1n) is 8.14. The second-order valence-corrected chi connectivity index (χ2v) is 7.23. The molecule has 6 nitrogen and oxygen atoms in total. The molecule has 0 atom stereocenters. The van der Waals surface area contributed by atoms with E-state index in [2.05, 4.69) is 6.07 Å². The van der Waals surface area contributed by atoms with Crippen molar-refractivity contribution in [1.29, 1.82) is 5.26 Å². The summed E-state index contributed by atoms with van der Waals surface area (Å²) in [5.74, 6) is 0.347. The van der Waals surface area contributed by atoms with Crippen LogP contribution in [0.4, 0.5) is 4.79 Å². The summed E-state index contributed by atoms with van der Waals surface area (Å²) < 4.78 is 11.2. The Labute approximate surface area is 171 Å². The summed E-state index contributed by atoms with van der Waals surface area (Å²) in [6.07, 6.45) is 1.58. The zero-order chi connectivity index (χ0) is 20.3. The third-order valence-corrected chi connectivity index (χ3v) is 5.29. The van der Waals surface area contributed by atoms with Crippen molar-refractivity contribution >= 4 is 40.6 Å². The van der Waals surface area contributed by atoms with Crippen LogP contribution in [0.15, 0.2) is 41.3 Å². The molecule has 1 heterocycles. The maximum absolute atomic E-state index is 12.0. The van der Waals surface area contributed by atoms with Crippen LogP contribution in [0.5, 0.6) is 11.5 Å². The van der Waals surface area contributed by atoms with Crippen molar-refractivity contribution in [3.63, 3.8) is 0 Å². The second kappa shape index (κ2) is 8.38. The number of benzene rings is 2. The average Bonchev–Trinajstić information content (AvgIpc) is 2.93. The van der Waals surface area contributed by atoms with Gasteiger partial charge >= 0.3 is 0 Å². The Balaban J connectivity index is 1.87. The van der Waals surface area contributed by atoms with Crippen molar-refractivity contribution in [3.05, 3.63) is 63.0 Å². The number of nitriles is 1. The molecule has 2 aromatic rings. The van der Waals surface area contributed by atoms with Crippen molar-refractivity contribution in [1.82, 2.24) is 4.90 Å². The number of carbonyl (C=O) groups is 2. The molecule has 2 aromatic carbocycles. The number of thioether (sulfide) groups is 1. The Morgan fingerprint density at radius 1 is 1.29 bits per heavy atom. The predicted molar refractivity (Wildman–Crippen MR) is 107 cm³/mol.